The fraction of sp³-hybridized carbons (Fsp3) is 0.667. The van der Waals surface area contributed by atoms with Gasteiger partial charge in [0.2, 0.25) is 5.91 Å². The summed E-state index contributed by atoms with van der Waals surface area (Å²) in [6.45, 7) is 11.1. The first-order valence-electron chi connectivity index (χ1n) is 11.7. The Hall–Kier alpha value is -1.39. The second kappa shape index (κ2) is 17.1. The summed E-state index contributed by atoms with van der Waals surface area (Å²) < 4.78 is 5.82. The second-order valence-corrected chi connectivity index (χ2v) is 8.48. The number of nitrogens with two attached hydrogens (primary N) is 1. The number of primary amides is 1. The van der Waals surface area contributed by atoms with Crippen LogP contribution < -0.4 is 16.4 Å². The lowest BCUT2D eigenvalue weighted by Crippen LogP contribution is -2.40. The molecule has 1 heterocycles. The molecule has 0 spiro atoms. The molecular weight excluding hydrogens is 517 g/mol. The number of hydrogen-bond acceptors (Lipinski definition) is 4. The Kier molecular flexibility index (Phi) is 15.3. The van der Waals surface area contributed by atoms with Gasteiger partial charge in [0.05, 0.1) is 13.2 Å². The molecular formula is C24H42IN5O2. The SMILES string of the molecule is CCNC(=NCC(C)COCc1ccccc1)NCCCCN1CCC(C(N)=O)CC1.I. The van der Waals surface area contributed by atoms with Crippen LogP contribution in [-0.2, 0) is 16.1 Å². The molecule has 1 aliphatic rings. The molecule has 1 saturated heterocycles. The monoisotopic (exact) mass is 559 g/mol. The van der Waals surface area contributed by atoms with Crippen molar-refractivity contribution >= 4 is 35.8 Å². The third-order valence-electron chi connectivity index (χ3n) is 5.60. The molecule has 0 saturated carbocycles. The van der Waals surface area contributed by atoms with Gasteiger partial charge in [0, 0.05) is 25.6 Å². The average Bonchev–Trinajstić information content (AvgIpc) is 2.78. The van der Waals surface area contributed by atoms with Gasteiger partial charge in [0.1, 0.15) is 0 Å². The summed E-state index contributed by atoms with van der Waals surface area (Å²) in [5, 5.41) is 6.76. The van der Waals surface area contributed by atoms with E-state index in [9.17, 15) is 4.79 Å². The zero-order valence-electron chi connectivity index (χ0n) is 19.7. The fourth-order valence-corrected chi connectivity index (χ4v) is 3.70. The van der Waals surface area contributed by atoms with E-state index in [1.165, 1.54) is 5.56 Å². The van der Waals surface area contributed by atoms with E-state index in [0.717, 1.165) is 70.9 Å². The van der Waals surface area contributed by atoms with Gasteiger partial charge in [0.15, 0.2) is 5.96 Å². The lowest BCUT2D eigenvalue weighted by molar-refractivity contribution is -0.123. The van der Waals surface area contributed by atoms with Gasteiger partial charge in [0.25, 0.3) is 0 Å². The number of guanidine groups is 1. The number of hydrogen-bond donors (Lipinski definition) is 3. The molecule has 0 bridgehead atoms. The van der Waals surface area contributed by atoms with E-state index in [0.29, 0.717) is 19.1 Å². The maximum Gasteiger partial charge on any atom is 0.220 e. The van der Waals surface area contributed by atoms with Crippen LogP contribution >= 0.6 is 24.0 Å². The fourth-order valence-electron chi connectivity index (χ4n) is 3.70. The quantitative estimate of drug-likeness (QED) is 0.150. The Balaban J connectivity index is 0.00000512. The lowest BCUT2D eigenvalue weighted by atomic mass is 9.96. The Bertz CT molecular complexity index is 651. The second-order valence-electron chi connectivity index (χ2n) is 8.48. The normalized spacial score (nSPS) is 16.2. The summed E-state index contributed by atoms with van der Waals surface area (Å²) in [6.07, 6.45) is 4.03. The number of carbonyl (C=O) groups excluding carboxylic acids is 1. The summed E-state index contributed by atoms with van der Waals surface area (Å²) in [5.41, 5.74) is 6.61. The first-order valence-corrected chi connectivity index (χ1v) is 11.7. The number of unbranched alkanes of at least 4 members (excludes halogenated alkanes) is 1. The number of rotatable bonds is 13. The molecule has 1 fully saturated rings. The molecule has 1 aromatic rings. The molecule has 182 valence electrons. The van der Waals surface area contributed by atoms with Gasteiger partial charge >= 0.3 is 0 Å². The zero-order valence-corrected chi connectivity index (χ0v) is 22.1. The lowest BCUT2D eigenvalue weighted by Gasteiger charge is -2.30. The first kappa shape index (κ1) is 28.6. The number of carbonyl (C=O) groups is 1. The summed E-state index contributed by atoms with van der Waals surface area (Å²) >= 11 is 0. The Labute approximate surface area is 211 Å². The van der Waals surface area contributed by atoms with Gasteiger partial charge in [-0.1, -0.05) is 37.3 Å². The number of benzene rings is 1. The van der Waals surface area contributed by atoms with Crippen LogP contribution in [0.3, 0.4) is 0 Å². The Morgan fingerprint density at radius 2 is 1.94 bits per heavy atom. The maximum absolute atomic E-state index is 11.3. The number of nitrogens with one attached hydrogen (secondary N) is 2. The Morgan fingerprint density at radius 3 is 2.59 bits per heavy atom. The molecule has 0 aliphatic carbocycles. The van der Waals surface area contributed by atoms with Crippen LogP contribution in [0.5, 0.6) is 0 Å². The van der Waals surface area contributed by atoms with Gasteiger partial charge < -0.3 is 26.0 Å². The number of amides is 1. The summed E-state index contributed by atoms with van der Waals surface area (Å²) in [6, 6.07) is 10.3. The minimum Gasteiger partial charge on any atom is -0.376 e. The zero-order chi connectivity index (χ0) is 22.3. The number of piperidine rings is 1. The standard InChI is InChI=1S/C24H41N5O2.HI/c1-3-26-24(28-17-20(2)18-31-19-21-9-5-4-6-10-21)27-13-7-8-14-29-15-11-22(12-16-29)23(25)30;/h4-6,9-10,20,22H,3,7-8,11-19H2,1-2H3,(H2,25,30)(H2,26,27,28);1H. The largest absolute Gasteiger partial charge is 0.376 e. The summed E-state index contributed by atoms with van der Waals surface area (Å²) in [5.74, 6) is 1.17. The highest BCUT2D eigenvalue weighted by Gasteiger charge is 2.22. The van der Waals surface area contributed by atoms with Crippen molar-refractivity contribution < 1.29 is 9.53 Å². The van der Waals surface area contributed by atoms with Gasteiger partial charge in [-0.15, -0.1) is 24.0 Å². The van der Waals surface area contributed by atoms with Crippen LogP contribution in [0, 0.1) is 11.8 Å². The van der Waals surface area contributed by atoms with Crippen LogP contribution in [0.2, 0.25) is 0 Å². The van der Waals surface area contributed by atoms with E-state index in [1.807, 2.05) is 18.2 Å². The maximum atomic E-state index is 11.3. The number of likely N-dealkylation sites (tertiary alicyclic amines) is 1. The molecule has 4 N–H and O–H groups in total. The van der Waals surface area contributed by atoms with Crippen molar-refractivity contribution in [3.63, 3.8) is 0 Å². The minimum absolute atomic E-state index is 0. The van der Waals surface area contributed by atoms with Crippen molar-refractivity contribution in [2.45, 2.75) is 46.1 Å². The van der Waals surface area contributed by atoms with Crippen molar-refractivity contribution in [2.24, 2.45) is 22.6 Å². The van der Waals surface area contributed by atoms with Gasteiger partial charge in [-0.25, -0.2) is 0 Å². The highest BCUT2D eigenvalue weighted by molar-refractivity contribution is 14.0. The van der Waals surface area contributed by atoms with Crippen LogP contribution in [0.15, 0.2) is 35.3 Å². The van der Waals surface area contributed by atoms with Crippen molar-refractivity contribution in [1.82, 2.24) is 15.5 Å². The average molecular weight is 560 g/mol. The molecule has 32 heavy (non-hydrogen) atoms. The van der Waals surface area contributed by atoms with Crippen LogP contribution in [0.1, 0.15) is 45.1 Å². The van der Waals surface area contributed by atoms with Crippen molar-refractivity contribution in [3.8, 4) is 0 Å². The third-order valence-corrected chi connectivity index (χ3v) is 5.60. The van der Waals surface area contributed by atoms with Crippen molar-refractivity contribution in [3.05, 3.63) is 35.9 Å². The van der Waals surface area contributed by atoms with E-state index in [4.69, 9.17) is 15.5 Å². The highest BCUT2D eigenvalue weighted by Crippen LogP contribution is 2.16. The molecule has 1 amide bonds. The molecule has 8 heteroatoms. The molecule has 7 nitrogen and oxygen atoms in total. The Morgan fingerprint density at radius 1 is 1.22 bits per heavy atom. The van der Waals surface area contributed by atoms with Gasteiger partial charge in [-0.3, -0.25) is 9.79 Å². The van der Waals surface area contributed by atoms with Crippen LogP contribution in [0.4, 0.5) is 0 Å². The van der Waals surface area contributed by atoms with E-state index >= 15 is 0 Å². The molecule has 0 aromatic heterocycles. The smallest absolute Gasteiger partial charge is 0.220 e. The molecule has 1 unspecified atom stereocenters. The molecule has 1 aromatic carbocycles. The predicted molar refractivity (Wildman–Crippen MR) is 142 cm³/mol. The van der Waals surface area contributed by atoms with E-state index in [2.05, 4.69) is 41.5 Å². The van der Waals surface area contributed by atoms with E-state index in [1.54, 1.807) is 0 Å². The first-order chi connectivity index (χ1) is 15.1. The van der Waals surface area contributed by atoms with Crippen molar-refractivity contribution in [1.29, 1.82) is 0 Å². The molecule has 1 aliphatic heterocycles. The number of halogens is 1. The van der Waals surface area contributed by atoms with Gasteiger partial charge in [-0.05, 0) is 63.7 Å². The highest BCUT2D eigenvalue weighted by atomic mass is 127. The van der Waals surface area contributed by atoms with Crippen LogP contribution in [0.25, 0.3) is 0 Å². The van der Waals surface area contributed by atoms with Gasteiger partial charge in [-0.2, -0.15) is 0 Å². The van der Waals surface area contributed by atoms with Crippen LogP contribution in [-0.4, -0.2) is 62.6 Å². The van der Waals surface area contributed by atoms with Crippen molar-refractivity contribution in [2.75, 3.05) is 45.9 Å². The summed E-state index contributed by atoms with van der Waals surface area (Å²) in [4.78, 5) is 18.4. The molecule has 1 atom stereocenters. The minimum atomic E-state index is -0.142. The van der Waals surface area contributed by atoms with E-state index < -0.39 is 0 Å². The number of nitrogens with zero attached hydrogens (tertiary/aromatic N) is 2. The topological polar surface area (TPSA) is 92.0 Å². The molecule has 0 radical (unpaired) electrons. The van der Waals surface area contributed by atoms with E-state index in [-0.39, 0.29) is 35.8 Å². The number of ether oxygens (including phenoxy) is 1. The predicted octanol–water partition coefficient (Wildman–Crippen LogP) is 2.99. The number of aliphatic imine (C=N–C) groups is 1. The molecule has 2 rings (SSSR count). The third kappa shape index (κ3) is 12.0. The summed E-state index contributed by atoms with van der Waals surface area (Å²) in [7, 11) is 0.